The number of alkyl halides is 3. The number of halogens is 6. The first-order chi connectivity index (χ1) is 15.6. The normalized spacial score (nSPS) is 12.3. The second-order valence-electron chi connectivity index (χ2n) is 6.39. The second kappa shape index (κ2) is 9.98. The van der Waals surface area contributed by atoms with Crippen LogP contribution in [0, 0.1) is 11.2 Å². The molecule has 0 fully saturated rings. The van der Waals surface area contributed by atoms with Crippen LogP contribution in [0.5, 0.6) is 0 Å². The molecule has 1 heterocycles. The van der Waals surface area contributed by atoms with Crippen molar-refractivity contribution in [3.63, 3.8) is 0 Å². The van der Waals surface area contributed by atoms with Crippen molar-refractivity contribution in [3.05, 3.63) is 75.3 Å². The molecule has 2 aromatic carbocycles. The van der Waals surface area contributed by atoms with Gasteiger partial charge in [-0.1, -0.05) is 52.3 Å². The third-order valence-electron chi connectivity index (χ3n) is 4.32. The Hall–Kier alpha value is -2.82. The minimum Gasteiger partial charge on any atom is -0.355 e. The Labute approximate surface area is 199 Å². The van der Waals surface area contributed by atoms with Gasteiger partial charge in [-0.3, -0.25) is 4.79 Å². The van der Waals surface area contributed by atoms with Crippen molar-refractivity contribution in [2.45, 2.75) is 6.18 Å². The number of rotatable bonds is 6. The number of anilines is 1. The topological polar surface area (TPSA) is 79.0 Å². The van der Waals surface area contributed by atoms with E-state index in [1.807, 2.05) is 0 Å². The van der Waals surface area contributed by atoms with Gasteiger partial charge < -0.3 is 15.2 Å². The first-order valence-corrected chi connectivity index (χ1v) is 10.9. The van der Waals surface area contributed by atoms with Crippen LogP contribution >= 0.6 is 35.0 Å². The highest BCUT2D eigenvalue weighted by atomic mass is 35.5. The van der Waals surface area contributed by atoms with Crippen molar-refractivity contribution in [2.24, 2.45) is 0 Å². The summed E-state index contributed by atoms with van der Waals surface area (Å²) in [5.74, 6) is -1.52. The van der Waals surface area contributed by atoms with Crippen LogP contribution in [0.1, 0.15) is 16.1 Å². The minimum absolute atomic E-state index is 0.0243. The molecule has 0 saturated heterocycles. The van der Waals surface area contributed by atoms with Crippen LogP contribution in [0.2, 0.25) is 10.0 Å². The van der Waals surface area contributed by atoms with E-state index >= 15 is 0 Å². The zero-order chi connectivity index (χ0) is 24.3. The number of carbonyl (C=O) groups excluding carboxylic acids is 1. The van der Waals surface area contributed by atoms with E-state index in [2.05, 4.69) is 10.5 Å². The van der Waals surface area contributed by atoms with E-state index in [0.29, 0.717) is 18.0 Å². The average Bonchev–Trinajstić information content (AvgIpc) is 3.16. The van der Waals surface area contributed by atoms with E-state index in [1.54, 1.807) is 0 Å². The van der Waals surface area contributed by atoms with Gasteiger partial charge >= 0.3 is 6.18 Å². The second-order valence-corrected chi connectivity index (χ2v) is 8.01. The van der Waals surface area contributed by atoms with Crippen molar-refractivity contribution in [1.82, 2.24) is 5.16 Å². The van der Waals surface area contributed by atoms with Crippen molar-refractivity contribution in [1.29, 1.82) is 5.41 Å². The zero-order valence-corrected chi connectivity index (χ0v) is 18.9. The fourth-order valence-corrected chi connectivity index (χ4v) is 3.75. The molecule has 12 heteroatoms. The van der Waals surface area contributed by atoms with Gasteiger partial charge in [0.1, 0.15) is 22.8 Å². The van der Waals surface area contributed by atoms with E-state index in [-0.39, 0.29) is 27.0 Å². The maximum Gasteiger partial charge on any atom is 0.432 e. The van der Waals surface area contributed by atoms with E-state index in [4.69, 9.17) is 33.1 Å². The van der Waals surface area contributed by atoms with Gasteiger partial charge in [0.15, 0.2) is 5.76 Å². The fraction of sp³-hybridized carbons (Fsp3) is 0.0952. The molecule has 0 aliphatic carbocycles. The van der Waals surface area contributed by atoms with Crippen molar-refractivity contribution in [3.8, 4) is 11.3 Å². The lowest BCUT2D eigenvalue weighted by molar-refractivity contribution is -0.0896. The largest absolute Gasteiger partial charge is 0.432 e. The summed E-state index contributed by atoms with van der Waals surface area (Å²) in [4.78, 5) is 12.7. The van der Waals surface area contributed by atoms with Gasteiger partial charge in [-0.2, -0.15) is 13.2 Å². The Morgan fingerprint density at radius 2 is 1.91 bits per heavy atom. The van der Waals surface area contributed by atoms with Crippen LogP contribution in [0.4, 0.5) is 23.2 Å². The summed E-state index contributed by atoms with van der Waals surface area (Å²) in [6.45, 7) is 0. The lowest BCUT2D eigenvalue weighted by Gasteiger charge is -2.17. The first kappa shape index (κ1) is 24.8. The molecule has 0 amide bonds. The van der Waals surface area contributed by atoms with Gasteiger partial charge in [0.25, 0.3) is 0 Å². The van der Waals surface area contributed by atoms with Gasteiger partial charge in [0.05, 0.1) is 16.2 Å². The summed E-state index contributed by atoms with van der Waals surface area (Å²) in [5.41, 5.74) is -3.40. The van der Waals surface area contributed by atoms with E-state index in [1.165, 1.54) is 42.7 Å². The first-order valence-electron chi connectivity index (χ1n) is 8.95. The van der Waals surface area contributed by atoms with Crippen LogP contribution in [0.3, 0.4) is 0 Å². The molecule has 0 aliphatic rings. The molecular formula is C21H13Cl2F4N3O2S. The summed E-state index contributed by atoms with van der Waals surface area (Å²) >= 11 is 12.6. The smallest absolute Gasteiger partial charge is 0.355 e. The maximum atomic E-state index is 14.5. The summed E-state index contributed by atoms with van der Waals surface area (Å²) in [5, 5.41) is 12.8. The van der Waals surface area contributed by atoms with Crippen molar-refractivity contribution >= 4 is 57.6 Å². The lowest BCUT2D eigenvalue weighted by atomic mass is 10.0. The Morgan fingerprint density at radius 1 is 1.21 bits per heavy atom. The molecule has 2 N–H and O–H groups in total. The van der Waals surface area contributed by atoms with Crippen LogP contribution < -0.4 is 5.32 Å². The molecule has 3 aromatic rings. The molecule has 0 aliphatic heterocycles. The number of hydrogen-bond donors (Lipinski definition) is 2. The molecule has 172 valence electrons. The highest BCUT2D eigenvalue weighted by Crippen LogP contribution is 2.40. The highest BCUT2D eigenvalue weighted by molar-refractivity contribution is 8.13. The average molecular weight is 518 g/mol. The highest BCUT2D eigenvalue weighted by Gasteiger charge is 2.40. The lowest BCUT2D eigenvalue weighted by Crippen LogP contribution is -2.22. The number of aromatic nitrogens is 1. The summed E-state index contributed by atoms with van der Waals surface area (Å²) in [6, 6.07) is 9.17. The number of carbonyl (C=O) groups is 1. The summed E-state index contributed by atoms with van der Waals surface area (Å²) < 4.78 is 61.6. The number of thioether (sulfide) groups is 1. The molecule has 33 heavy (non-hydrogen) atoms. The Kier molecular flexibility index (Phi) is 7.51. The minimum atomic E-state index is -5.00. The molecule has 0 spiro atoms. The molecule has 0 radical (unpaired) electrons. The Bertz CT molecular complexity index is 1240. The molecule has 0 atom stereocenters. The van der Waals surface area contributed by atoms with Crippen molar-refractivity contribution in [2.75, 3.05) is 11.6 Å². The van der Waals surface area contributed by atoms with Crippen LogP contribution in [-0.4, -0.2) is 28.9 Å². The quantitative estimate of drug-likeness (QED) is 0.264. The Morgan fingerprint density at radius 3 is 2.48 bits per heavy atom. The number of allylic oxidation sites excluding steroid dienone is 2. The van der Waals surface area contributed by atoms with Gasteiger partial charge in [-0.15, -0.1) is 0 Å². The molecular weight excluding hydrogens is 505 g/mol. The summed E-state index contributed by atoms with van der Waals surface area (Å²) in [6.07, 6.45) is -3.25. The molecule has 0 saturated carbocycles. The van der Waals surface area contributed by atoms with Crippen molar-refractivity contribution < 1.29 is 26.9 Å². The SMILES string of the molecule is CSC(=O)c1c(-c2c(F)cccc2Cl)noc1/C(C=N)=C(/Nc1cccc(Cl)c1)C(F)(F)F. The van der Waals surface area contributed by atoms with Gasteiger partial charge in [-0.25, -0.2) is 4.39 Å². The molecule has 5 nitrogen and oxygen atoms in total. The number of nitrogens with zero attached hydrogens (tertiary/aromatic N) is 1. The third-order valence-corrected chi connectivity index (χ3v) is 5.44. The predicted molar refractivity (Wildman–Crippen MR) is 122 cm³/mol. The van der Waals surface area contributed by atoms with Gasteiger partial charge in [0.2, 0.25) is 5.12 Å². The molecule has 1 aromatic heterocycles. The molecule has 3 rings (SSSR count). The predicted octanol–water partition coefficient (Wildman–Crippen LogP) is 7.33. The number of benzene rings is 2. The van der Waals surface area contributed by atoms with Crippen LogP contribution in [-0.2, 0) is 0 Å². The number of nitrogens with one attached hydrogen (secondary N) is 2. The molecule has 0 bridgehead atoms. The number of hydrogen-bond acceptors (Lipinski definition) is 6. The zero-order valence-electron chi connectivity index (χ0n) is 16.6. The van der Waals surface area contributed by atoms with Crippen LogP contribution in [0.25, 0.3) is 16.8 Å². The fourth-order valence-electron chi connectivity index (χ4n) is 2.91. The van der Waals surface area contributed by atoms with E-state index in [0.717, 1.165) is 6.07 Å². The summed E-state index contributed by atoms with van der Waals surface area (Å²) in [7, 11) is 0. The standard InChI is InChI=1S/C21H13Cl2F4N3O2S/c1-33-20(31)16-17(15-13(23)6-3-7-14(15)24)30-32-18(16)12(9-28)19(21(25,26)27)29-11-5-2-4-10(22)8-11/h2-9,28-29H,1H3/b19-12+,28-9?. The third kappa shape index (κ3) is 5.23. The van der Waals surface area contributed by atoms with Gasteiger partial charge in [-0.05, 0) is 36.6 Å². The molecule has 0 unspecified atom stereocenters. The maximum absolute atomic E-state index is 14.5. The monoisotopic (exact) mass is 517 g/mol. The van der Waals surface area contributed by atoms with E-state index < -0.39 is 39.7 Å². The van der Waals surface area contributed by atoms with Gasteiger partial charge in [0, 0.05) is 16.9 Å². The van der Waals surface area contributed by atoms with E-state index in [9.17, 15) is 22.4 Å². The Balaban J connectivity index is 2.31. The van der Waals surface area contributed by atoms with Crippen LogP contribution in [0.15, 0.2) is 52.7 Å².